The van der Waals surface area contributed by atoms with Crippen molar-refractivity contribution in [2.75, 3.05) is 32.7 Å². The molecule has 124 valence electrons. The fourth-order valence-corrected chi connectivity index (χ4v) is 3.84. The minimum atomic E-state index is 0.548. The Morgan fingerprint density at radius 3 is 2.33 bits per heavy atom. The number of nitrogens with zero attached hydrogens (tertiary/aromatic N) is 1. The molecule has 0 aliphatic heterocycles. The normalized spacial score (nSPS) is 30.3. The summed E-state index contributed by atoms with van der Waals surface area (Å²) in [6.45, 7) is 15.7. The Bertz CT molecular complexity index is 288. The first-order valence-corrected chi connectivity index (χ1v) is 9.46. The molecule has 2 aliphatic rings. The topological polar surface area (TPSA) is 15.3 Å². The van der Waals surface area contributed by atoms with Gasteiger partial charge in [-0.15, -0.1) is 0 Å². The van der Waals surface area contributed by atoms with E-state index in [1.165, 1.54) is 71.2 Å². The minimum Gasteiger partial charge on any atom is -0.316 e. The van der Waals surface area contributed by atoms with E-state index in [9.17, 15) is 0 Å². The highest BCUT2D eigenvalue weighted by atomic mass is 15.1. The molecule has 0 aromatic rings. The van der Waals surface area contributed by atoms with Gasteiger partial charge in [0.1, 0.15) is 0 Å². The van der Waals surface area contributed by atoms with Crippen LogP contribution >= 0.6 is 0 Å². The van der Waals surface area contributed by atoms with Crippen LogP contribution < -0.4 is 5.32 Å². The second kappa shape index (κ2) is 7.97. The zero-order chi connectivity index (χ0) is 15.3. The lowest BCUT2D eigenvalue weighted by molar-refractivity contribution is 0.0858. The summed E-state index contributed by atoms with van der Waals surface area (Å²) in [4.78, 5) is 2.75. The van der Waals surface area contributed by atoms with Crippen molar-refractivity contribution in [3.63, 3.8) is 0 Å². The molecule has 0 bridgehead atoms. The minimum absolute atomic E-state index is 0.548. The van der Waals surface area contributed by atoms with Crippen molar-refractivity contribution >= 4 is 0 Å². The third kappa shape index (κ3) is 5.90. The summed E-state index contributed by atoms with van der Waals surface area (Å²) in [6.07, 6.45) is 8.69. The van der Waals surface area contributed by atoms with Gasteiger partial charge in [-0.1, -0.05) is 40.5 Å². The molecular weight excluding hydrogens is 256 g/mol. The van der Waals surface area contributed by atoms with Crippen molar-refractivity contribution in [1.82, 2.24) is 10.2 Å². The zero-order valence-corrected chi connectivity index (χ0v) is 15.0. The molecule has 0 aromatic carbocycles. The fraction of sp³-hybridized carbons (Fsp3) is 1.00. The molecule has 0 unspecified atom stereocenters. The van der Waals surface area contributed by atoms with Gasteiger partial charge < -0.3 is 10.2 Å². The van der Waals surface area contributed by atoms with Gasteiger partial charge in [0.25, 0.3) is 0 Å². The number of hydrogen-bond donors (Lipinski definition) is 1. The summed E-state index contributed by atoms with van der Waals surface area (Å²) in [6, 6.07) is 0. The number of hydrogen-bond acceptors (Lipinski definition) is 2. The van der Waals surface area contributed by atoms with Gasteiger partial charge in [-0.3, -0.25) is 0 Å². The lowest BCUT2D eigenvalue weighted by atomic mass is 9.70. The van der Waals surface area contributed by atoms with Crippen molar-refractivity contribution in [2.45, 2.75) is 66.2 Å². The Kier molecular flexibility index (Phi) is 6.55. The second-order valence-corrected chi connectivity index (χ2v) is 8.48. The van der Waals surface area contributed by atoms with E-state index in [4.69, 9.17) is 0 Å². The first-order valence-electron chi connectivity index (χ1n) is 9.46. The predicted octanol–water partition coefficient (Wildman–Crippen LogP) is 4.16. The Morgan fingerprint density at radius 1 is 1.14 bits per heavy atom. The van der Waals surface area contributed by atoms with Crippen LogP contribution in [0.25, 0.3) is 0 Å². The van der Waals surface area contributed by atoms with Gasteiger partial charge in [0.15, 0.2) is 0 Å². The monoisotopic (exact) mass is 294 g/mol. The van der Waals surface area contributed by atoms with Gasteiger partial charge >= 0.3 is 0 Å². The average Bonchev–Trinajstić information content (AvgIpc) is 3.25. The third-order valence-corrected chi connectivity index (χ3v) is 5.61. The molecule has 0 atom stereocenters. The maximum Gasteiger partial charge on any atom is 0.00501 e. The van der Waals surface area contributed by atoms with Crippen molar-refractivity contribution in [3.05, 3.63) is 0 Å². The highest BCUT2D eigenvalue weighted by Gasteiger charge is 2.36. The lowest BCUT2D eigenvalue weighted by Crippen LogP contribution is -2.47. The third-order valence-electron chi connectivity index (χ3n) is 5.61. The quantitative estimate of drug-likeness (QED) is 0.687. The van der Waals surface area contributed by atoms with Crippen LogP contribution in [0.2, 0.25) is 0 Å². The van der Waals surface area contributed by atoms with Gasteiger partial charge in [-0.25, -0.2) is 0 Å². The molecular formula is C19H38N2. The summed E-state index contributed by atoms with van der Waals surface area (Å²) in [5.74, 6) is 2.73. The Hall–Kier alpha value is -0.0800. The summed E-state index contributed by atoms with van der Waals surface area (Å²) in [7, 11) is 0. The fourth-order valence-electron chi connectivity index (χ4n) is 3.84. The number of rotatable bonds is 9. The molecule has 0 radical (unpaired) electrons. The van der Waals surface area contributed by atoms with E-state index in [0.29, 0.717) is 5.41 Å². The lowest BCUT2D eigenvalue weighted by Gasteiger charge is -2.43. The maximum atomic E-state index is 3.78. The number of nitrogens with one attached hydrogen (secondary N) is 1. The molecule has 1 N–H and O–H groups in total. The molecule has 0 saturated heterocycles. The van der Waals surface area contributed by atoms with Crippen molar-refractivity contribution < 1.29 is 0 Å². The molecule has 0 aromatic heterocycles. The Morgan fingerprint density at radius 2 is 1.81 bits per heavy atom. The van der Waals surface area contributed by atoms with Crippen molar-refractivity contribution in [1.29, 1.82) is 0 Å². The van der Waals surface area contributed by atoms with Crippen LogP contribution in [0, 0.1) is 23.2 Å². The van der Waals surface area contributed by atoms with Gasteiger partial charge in [-0.05, 0) is 61.9 Å². The highest BCUT2D eigenvalue weighted by molar-refractivity contribution is 4.90. The van der Waals surface area contributed by atoms with Crippen molar-refractivity contribution in [2.24, 2.45) is 23.2 Å². The molecule has 21 heavy (non-hydrogen) atoms. The molecule has 2 nitrogen and oxygen atoms in total. The Balaban J connectivity index is 1.89. The second-order valence-electron chi connectivity index (χ2n) is 8.48. The SMILES string of the molecule is CCN(CC1CC1)CC1(CNCC(C)C)CCC(C)CC1. The Labute approximate surface area is 133 Å². The van der Waals surface area contributed by atoms with Crippen LogP contribution in [0.4, 0.5) is 0 Å². The van der Waals surface area contributed by atoms with Crippen LogP contribution in [0.5, 0.6) is 0 Å². The molecule has 2 saturated carbocycles. The first kappa shape index (κ1) is 17.3. The van der Waals surface area contributed by atoms with Crippen LogP contribution in [0.15, 0.2) is 0 Å². The first-order chi connectivity index (χ1) is 10.0. The van der Waals surface area contributed by atoms with Gasteiger partial charge in [0.2, 0.25) is 0 Å². The maximum absolute atomic E-state index is 3.78. The molecule has 0 amide bonds. The van der Waals surface area contributed by atoms with E-state index < -0.39 is 0 Å². The molecule has 2 rings (SSSR count). The van der Waals surface area contributed by atoms with Crippen LogP contribution in [-0.4, -0.2) is 37.6 Å². The summed E-state index contributed by atoms with van der Waals surface area (Å²) in [5.41, 5.74) is 0.548. The standard InChI is InChI=1S/C19H38N2/c1-5-21(13-18-6-7-18)15-19(14-20-12-16(2)3)10-8-17(4)9-11-19/h16-18,20H,5-15H2,1-4H3. The van der Waals surface area contributed by atoms with Gasteiger partial charge in [0.05, 0.1) is 0 Å². The van der Waals surface area contributed by atoms with Crippen LogP contribution in [-0.2, 0) is 0 Å². The average molecular weight is 295 g/mol. The van der Waals surface area contributed by atoms with E-state index in [1.807, 2.05) is 0 Å². The van der Waals surface area contributed by atoms with E-state index in [1.54, 1.807) is 0 Å². The largest absolute Gasteiger partial charge is 0.316 e. The summed E-state index contributed by atoms with van der Waals surface area (Å²) >= 11 is 0. The summed E-state index contributed by atoms with van der Waals surface area (Å²) < 4.78 is 0. The summed E-state index contributed by atoms with van der Waals surface area (Å²) in [5, 5.41) is 3.78. The van der Waals surface area contributed by atoms with Gasteiger partial charge in [0, 0.05) is 19.6 Å². The van der Waals surface area contributed by atoms with Crippen molar-refractivity contribution in [3.8, 4) is 0 Å². The van der Waals surface area contributed by atoms with E-state index in [2.05, 4.69) is 37.9 Å². The predicted molar refractivity (Wildman–Crippen MR) is 92.6 cm³/mol. The van der Waals surface area contributed by atoms with Crippen LogP contribution in [0.3, 0.4) is 0 Å². The highest BCUT2D eigenvalue weighted by Crippen LogP contribution is 2.40. The molecule has 2 heteroatoms. The molecule has 2 aliphatic carbocycles. The molecule has 0 heterocycles. The van der Waals surface area contributed by atoms with E-state index in [-0.39, 0.29) is 0 Å². The molecule has 0 spiro atoms. The van der Waals surface area contributed by atoms with E-state index in [0.717, 1.165) is 17.8 Å². The van der Waals surface area contributed by atoms with E-state index >= 15 is 0 Å². The smallest absolute Gasteiger partial charge is 0.00501 e. The zero-order valence-electron chi connectivity index (χ0n) is 15.0. The molecule has 2 fully saturated rings. The van der Waals surface area contributed by atoms with Gasteiger partial charge in [-0.2, -0.15) is 0 Å². The van der Waals surface area contributed by atoms with Crippen LogP contribution in [0.1, 0.15) is 66.2 Å².